The standard InChI is InChI=1S/C22H20FN3OS2/c1-2-28-22-13(10-11-29-22)19-14(12-24)21(25)26(16-7-4-3-6-15(16)23)17-8-5-9-18(27)20(17)19/h3-4,6-7,10-11,19H,2,5,8-9,25H2,1H3/t19-/m0/s1. The lowest BCUT2D eigenvalue weighted by Crippen LogP contribution is -2.39. The number of halogens is 1. The highest BCUT2D eigenvalue weighted by Gasteiger charge is 2.41. The van der Waals surface area contributed by atoms with E-state index >= 15 is 0 Å². The van der Waals surface area contributed by atoms with Crippen LogP contribution in [-0.4, -0.2) is 11.5 Å². The molecule has 0 radical (unpaired) electrons. The van der Waals surface area contributed by atoms with Crippen molar-refractivity contribution in [3.63, 3.8) is 0 Å². The Morgan fingerprint density at radius 2 is 2.14 bits per heavy atom. The number of thiophene rings is 1. The van der Waals surface area contributed by atoms with Gasteiger partial charge in [-0.2, -0.15) is 5.26 Å². The molecule has 0 saturated heterocycles. The molecule has 7 heteroatoms. The maximum Gasteiger partial charge on any atom is 0.161 e. The molecule has 29 heavy (non-hydrogen) atoms. The van der Waals surface area contributed by atoms with E-state index in [9.17, 15) is 14.4 Å². The molecule has 2 aromatic rings. The van der Waals surface area contributed by atoms with Crippen LogP contribution in [0, 0.1) is 17.1 Å². The number of nitrogens with two attached hydrogens (primary N) is 1. The molecule has 1 aromatic heterocycles. The fourth-order valence-electron chi connectivity index (χ4n) is 4.07. The summed E-state index contributed by atoms with van der Waals surface area (Å²) in [7, 11) is 0. The Kier molecular flexibility index (Phi) is 5.48. The van der Waals surface area contributed by atoms with Crippen molar-refractivity contribution in [3.05, 3.63) is 69.8 Å². The molecule has 1 aromatic carbocycles. The van der Waals surface area contributed by atoms with Crippen LogP contribution in [0.3, 0.4) is 0 Å². The van der Waals surface area contributed by atoms with Crippen LogP contribution < -0.4 is 10.6 Å². The van der Waals surface area contributed by atoms with E-state index < -0.39 is 11.7 Å². The summed E-state index contributed by atoms with van der Waals surface area (Å²) < 4.78 is 15.7. The molecule has 0 bridgehead atoms. The Morgan fingerprint density at radius 1 is 1.34 bits per heavy atom. The number of nitriles is 1. The van der Waals surface area contributed by atoms with Crippen LogP contribution >= 0.6 is 23.1 Å². The summed E-state index contributed by atoms with van der Waals surface area (Å²) >= 11 is 3.30. The maximum atomic E-state index is 14.7. The molecule has 0 amide bonds. The Balaban J connectivity index is 1.98. The second-order valence-corrected chi connectivity index (χ2v) is 9.31. The van der Waals surface area contributed by atoms with Gasteiger partial charge in [0.25, 0.3) is 0 Å². The van der Waals surface area contributed by atoms with Gasteiger partial charge in [-0.1, -0.05) is 19.1 Å². The Labute approximate surface area is 177 Å². The van der Waals surface area contributed by atoms with Gasteiger partial charge in [-0.05, 0) is 47.7 Å². The number of benzene rings is 1. The number of Topliss-reactive ketones (excluding diaryl/α,β-unsaturated/α-hetero) is 1. The SMILES string of the molecule is CCSc1sccc1[C@H]1C(C#N)=C(N)N(c2ccccc2F)C2=C1C(=O)CCC2. The number of carbonyl (C=O) groups excluding carboxylic acids is 1. The van der Waals surface area contributed by atoms with E-state index in [0.717, 1.165) is 15.5 Å². The average Bonchev–Trinajstić information content (AvgIpc) is 3.16. The van der Waals surface area contributed by atoms with E-state index in [0.29, 0.717) is 36.1 Å². The van der Waals surface area contributed by atoms with Gasteiger partial charge in [0, 0.05) is 17.7 Å². The van der Waals surface area contributed by atoms with Gasteiger partial charge in [0.2, 0.25) is 0 Å². The third kappa shape index (κ3) is 3.26. The number of hydrogen-bond acceptors (Lipinski definition) is 6. The first kappa shape index (κ1) is 19.7. The lowest BCUT2D eigenvalue weighted by Gasteiger charge is -2.39. The molecular formula is C22H20FN3OS2. The quantitative estimate of drug-likeness (QED) is 0.673. The number of carbonyl (C=O) groups is 1. The third-order valence-electron chi connectivity index (χ3n) is 5.25. The van der Waals surface area contributed by atoms with Crippen LogP contribution in [0.2, 0.25) is 0 Å². The molecule has 4 nitrogen and oxygen atoms in total. The highest BCUT2D eigenvalue weighted by molar-refractivity contribution is 8.01. The molecule has 0 fully saturated rings. The van der Waals surface area contributed by atoms with Gasteiger partial charge in [0.05, 0.1) is 27.5 Å². The average molecular weight is 426 g/mol. The molecule has 2 heterocycles. The zero-order valence-corrected chi connectivity index (χ0v) is 17.6. The van der Waals surface area contributed by atoms with Crippen molar-refractivity contribution in [2.45, 2.75) is 36.3 Å². The van der Waals surface area contributed by atoms with Gasteiger partial charge >= 0.3 is 0 Å². The minimum atomic E-state index is -0.494. The largest absolute Gasteiger partial charge is 0.384 e. The van der Waals surface area contributed by atoms with Gasteiger partial charge in [-0.15, -0.1) is 23.1 Å². The molecule has 4 rings (SSSR count). The van der Waals surface area contributed by atoms with Crippen molar-refractivity contribution in [1.82, 2.24) is 0 Å². The summed E-state index contributed by atoms with van der Waals surface area (Å²) in [4.78, 5) is 14.7. The highest BCUT2D eigenvalue weighted by atomic mass is 32.2. The second kappa shape index (κ2) is 8.05. The van der Waals surface area contributed by atoms with Crippen molar-refractivity contribution in [1.29, 1.82) is 5.26 Å². The number of nitrogens with zero attached hydrogens (tertiary/aromatic N) is 2. The zero-order valence-electron chi connectivity index (χ0n) is 15.9. The number of allylic oxidation sites excluding steroid dienone is 3. The topological polar surface area (TPSA) is 70.1 Å². The van der Waals surface area contributed by atoms with Crippen molar-refractivity contribution < 1.29 is 9.18 Å². The van der Waals surface area contributed by atoms with Crippen LogP contribution in [0.25, 0.3) is 0 Å². The first-order valence-electron chi connectivity index (χ1n) is 9.49. The normalized spacial score (nSPS) is 19.4. The summed E-state index contributed by atoms with van der Waals surface area (Å²) in [5.41, 5.74) is 9.29. The zero-order chi connectivity index (χ0) is 20.5. The summed E-state index contributed by atoms with van der Waals surface area (Å²) in [5, 5.41) is 12.0. The molecule has 0 unspecified atom stereocenters. The van der Waals surface area contributed by atoms with Crippen molar-refractivity contribution >= 4 is 34.6 Å². The van der Waals surface area contributed by atoms with Crippen LogP contribution in [0.1, 0.15) is 37.7 Å². The lowest BCUT2D eigenvalue weighted by molar-refractivity contribution is -0.116. The maximum absolute atomic E-state index is 14.7. The Bertz CT molecular complexity index is 1080. The van der Waals surface area contributed by atoms with Gasteiger partial charge < -0.3 is 5.73 Å². The number of para-hydroxylation sites is 1. The Hall–Kier alpha value is -2.56. The van der Waals surface area contributed by atoms with E-state index in [4.69, 9.17) is 5.73 Å². The molecule has 148 valence electrons. The van der Waals surface area contributed by atoms with E-state index in [2.05, 4.69) is 13.0 Å². The van der Waals surface area contributed by atoms with E-state index in [1.54, 1.807) is 46.2 Å². The van der Waals surface area contributed by atoms with E-state index in [1.807, 2.05) is 11.4 Å². The van der Waals surface area contributed by atoms with E-state index in [-0.39, 0.29) is 17.3 Å². The number of thioether (sulfide) groups is 1. The van der Waals surface area contributed by atoms with Crippen LogP contribution in [0.4, 0.5) is 10.1 Å². The van der Waals surface area contributed by atoms with Crippen LogP contribution in [-0.2, 0) is 4.79 Å². The fraction of sp³-hybridized carbons (Fsp3) is 0.273. The summed E-state index contributed by atoms with van der Waals surface area (Å²) in [6.07, 6.45) is 1.73. The minimum absolute atomic E-state index is 0.0106. The van der Waals surface area contributed by atoms with Crippen molar-refractivity contribution in [2.75, 3.05) is 10.7 Å². The smallest absolute Gasteiger partial charge is 0.161 e. The number of anilines is 1. The molecular weight excluding hydrogens is 405 g/mol. The first-order valence-corrected chi connectivity index (χ1v) is 11.4. The number of hydrogen-bond donors (Lipinski definition) is 1. The highest BCUT2D eigenvalue weighted by Crippen LogP contribution is 2.49. The van der Waals surface area contributed by atoms with Gasteiger partial charge in [0.1, 0.15) is 11.6 Å². The number of rotatable bonds is 4. The minimum Gasteiger partial charge on any atom is -0.384 e. The van der Waals surface area contributed by atoms with Gasteiger partial charge in [-0.3, -0.25) is 9.69 Å². The predicted molar refractivity (Wildman–Crippen MR) is 115 cm³/mol. The summed E-state index contributed by atoms with van der Waals surface area (Å²) in [5.74, 6) is 0.175. The second-order valence-electron chi connectivity index (χ2n) is 6.86. The number of ketones is 1. The molecule has 2 N–H and O–H groups in total. The molecule has 0 spiro atoms. The fourth-order valence-corrected chi connectivity index (χ4v) is 6.14. The van der Waals surface area contributed by atoms with E-state index in [1.165, 1.54) is 6.07 Å². The molecule has 0 saturated carbocycles. The van der Waals surface area contributed by atoms with Gasteiger partial charge in [0.15, 0.2) is 5.78 Å². The summed E-state index contributed by atoms with van der Waals surface area (Å²) in [6.45, 7) is 2.07. The predicted octanol–water partition coefficient (Wildman–Crippen LogP) is 5.30. The lowest BCUT2D eigenvalue weighted by atomic mass is 9.76. The monoisotopic (exact) mass is 425 g/mol. The van der Waals surface area contributed by atoms with Crippen LogP contribution in [0.15, 0.2) is 62.6 Å². The van der Waals surface area contributed by atoms with Crippen LogP contribution in [0.5, 0.6) is 0 Å². The molecule has 1 atom stereocenters. The van der Waals surface area contributed by atoms with Crippen molar-refractivity contribution in [3.8, 4) is 6.07 Å². The van der Waals surface area contributed by atoms with Crippen molar-refractivity contribution in [2.24, 2.45) is 5.73 Å². The summed E-state index contributed by atoms with van der Waals surface area (Å²) in [6, 6.07) is 10.5. The molecule has 1 aliphatic carbocycles. The van der Waals surface area contributed by atoms with Gasteiger partial charge in [-0.25, -0.2) is 4.39 Å². The third-order valence-corrected chi connectivity index (χ3v) is 7.40. The molecule has 1 aliphatic heterocycles. The first-order chi connectivity index (χ1) is 14.1. The molecule has 2 aliphatic rings. The Morgan fingerprint density at radius 3 is 2.86 bits per heavy atom.